The Labute approximate surface area is 222 Å². The predicted octanol–water partition coefficient (Wildman–Crippen LogP) is 4.69. The Morgan fingerprint density at radius 2 is 2.09 bits per heavy atom. The van der Waals surface area contributed by atoms with Crippen LogP contribution in [-0.2, 0) is 17.6 Å². The molecule has 34 heavy (non-hydrogen) atoms. The second kappa shape index (κ2) is 11.7. The number of unbranched alkanes of at least 4 members (excludes halogenated alkanes) is 1. The quantitative estimate of drug-likeness (QED) is 0.478. The van der Waals surface area contributed by atoms with Crippen LogP contribution in [0.3, 0.4) is 0 Å². The number of hydrogen-bond donors (Lipinski definition) is 2. The molecule has 1 aliphatic carbocycles. The Bertz CT molecular complexity index is 969. The first-order valence-corrected chi connectivity index (χ1v) is 14.0. The molecule has 1 saturated heterocycles. The van der Waals surface area contributed by atoms with Crippen molar-refractivity contribution < 1.29 is 4.79 Å². The van der Waals surface area contributed by atoms with Crippen LogP contribution >= 0.6 is 40.2 Å². The fraction of sp³-hybridized carbons (Fsp3) is 0.538. The fourth-order valence-electron chi connectivity index (χ4n) is 5.28. The third kappa shape index (κ3) is 5.81. The smallest absolute Gasteiger partial charge is 0.236 e. The number of amides is 1. The molecule has 5 nitrogen and oxygen atoms in total. The predicted molar refractivity (Wildman–Crippen MR) is 146 cm³/mol. The highest BCUT2D eigenvalue weighted by Crippen LogP contribution is 2.37. The number of aromatic nitrogens is 1. The standard InChI is InChI=1S/C26H34BrClN4OS/c1-2-3-4-22-15-32(10-9-31(22)14-21(29)16-34)26(33)24-23-8-7-20(28)12-17(23)5-6-18-11-19(27)13-30-25(18)24/h7-8,11-13,21-22,24,34H,2-6,9-10,14-16,29H2,1H3/t21-,22+,24?/m1/s1. The summed E-state index contributed by atoms with van der Waals surface area (Å²) in [6, 6.07) is 8.40. The molecule has 0 spiro atoms. The molecule has 1 amide bonds. The zero-order chi connectivity index (χ0) is 24.2. The van der Waals surface area contributed by atoms with Gasteiger partial charge >= 0.3 is 0 Å². The normalized spacial score (nSPS) is 21.5. The molecule has 4 rings (SSSR count). The van der Waals surface area contributed by atoms with Crippen LogP contribution in [0.15, 0.2) is 34.9 Å². The van der Waals surface area contributed by atoms with Gasteiger partial charge in [0.2, 0.25) is 5.91 Å². The van der Waals surface area contributed by atoms with Gasteiger partial charge in [0.1, 0.15) is 5.92 Å². The van der Waals surface area contributed by atoms with Crippen molar-refractivity contribution in [3.05, 3.63) is 62.3 Å². The molecule has 8 heteroatoms. The summed E-state index contributed by atoms with van der Waals surface area (Å²) in [5.41, 5.74) is 10.4. The van der Waals surface area contributed by atoms with E-state index in [1.165, 1.54) is 0 Å². The second-order valence-electron chi connectivity index (χ2n) is 9.49. The van der Waals surface area contributed by atoms with Gasteiger partial charge in [0.25, 0.3) is 0 Å². The van der Waals surface area contributed by atoms with Crippen molar-refractivity contribution in [3.8, 4) is 0 Å². The van der Waals surface area contributed by atoms with Gasteiger partial charge in [-0.1, -0.05) is 37.4 Å². The molecule has 1 unspecified atom stereocenters. The Morgan fingerprint density at radius 1 is 1.29 bits per heavy atom. The summed E-state index contributed by atoms with van der Waals surface area (Å²) >= 11 is 14.3. The molecule has 1 aromatic carbocycles. The average Bonchev–Trinajstić information content (AvgIpc) is 2.99. The van der Waals surface area contributed by atoms with E-state index in [1.54, 1.807) is 6.20 Å². The van der Waals surface area contributed by atoms with Gasteiger partial charge in [-0.25, -0.2) is 0 Å². The molecule has 3 atom stereocenters. The lowest BCUT2D eigenvalue weighted by molar-refractivity contribution is -0.135. The van der Waals surface area contributed by atoms with Crippen molar-refractivity contribution in [2.75, 3.05) is 31.9 Å². The van der Waals surface area contributed by atoms with Gasteiger partial charge in [-0.2, -0.15) is 12.6 Å². The summed E-state index contributed by atoms with van der Waals surface area (Å²) in [7, 11) is 0. The summed E-state index contributed by atoms with van der Waals surface area (Å²) < 4.78 is 0.940. The van der Waals surface area contributed by atoms with Crippen LogP contribution < -0.4 is 5.73 Å². The molecule has 1 aliphatic heterocycles. The number of pyridine rings is 1. The van der Waals surface area contributed by atoms with E-state index >= 15 is 0 Å². The summed E-state index contributed by atoms with van der Waals surface area (Å²) in [4.78, 5) is 23.5. The first-order chi connectivity index (χ1) is 16.4. The molecule has 0 bridgehead atoms. The van der Waals surface area contributed by atoms with E-state index in [4.69, 9.17) is 22.3 Å². The van der Waals surface area contributed by atoms with E-state index in [1.807, 2.05) is 18.2 Å². The number of fused-ring (bicyclic) bond motifs is 2. The van der Waals surface area contributed by atoms with Crippen LogP contribution in [0.1, 0.15) is 54.5 Å². The van der Waals surface area contributed by atoms with Gasteiger partial charge in [-0.05, 0) is 70.1 Å². The van der Waals surface area contributed by atoms with Crippen molar-refractivity contribution >= 4 is 46.1 Å². The molecule has 0 saturated carbocycles. The number of halogens is 2. The van der Waals surface area contributed by atoms with Gasteiger partial charge in [0, 0.05) is 59.7 Å². The van der Waals surface area contributed by atoms with Crippen molar-refractivity contribution in [3.63, 3.8) is 0 Å². The van der Waals surface area contributed by atoms with E-state index in [2.05, 4.69) is 51.3 Å². The summed E-state index contributed by atoms with van der Waals surface area (Å²) in [6.45, 7) is 5.30. The maximum Gasteiger partial charge on any atom is 0.236 e. The number of nitrogens with zero attached hydrogens (tertiary/aromatic N) is 3. The largest absolute Gasteiger partial charge is 0.339 e. The number of aryl methyl sites for hydroxylation is 2. The maximum absolute atomic E-state index is 14.2. The van der Waals surface area contributed by atoms with Crippen molar-refractivity contribution in [2.45, 2.75) is 57.0 Å². The molecule has 2 N–H and O–H groups in total. The topological polar surface area (TPSA) is 62.5 Å². The second-order valence-corrected chi connectivity index (χ2v) is 11.2. The third-order valence-corrected chi connectivity index (χ3v) is 8.22. The van der Waals surface area contributed by atoms with Crippen LogP contribution in [0.4, 0.5) is 0 Å². The molecule has 1 aromatic heterocycles. The number of thiol groups is 1. The van der Waals surface area contributed by atoms with Gasteiger partial charge in [0.05, 0.1) is 5.69 Å². The molecular weight excluding hydrogens is 532 g/mol. The van der Waals surface area contributed by atoms with Crippen LogP contribution in [0.25, 0.3) is 0 Å². The summed E-state index contributed by atoms with van der Waals surface area (Å²) in [5.74, 6) is 0.399. The number of piperazine rings is 1. The van der Waals surface area contributed by atoms with Crippen LogP contribution in [0.2, 0.25) is 5.02 Å². The van der Waals surface area contributed by atoms with Crippen LogP contribution in [-0.4, -0.2) is 64.7 Å². The highest BCUT2D eigenvalue weighted by Gasteiger charge is 2.37. The molecule has 0 radical (unpaired) electrons. The Hall–Kier alpha value is -1.12. The molecule has 2 heterocycles. The van der Waals surface area contributed by atoms with E-state index in [9.17, 15) is 4.79 Å². The molecule has 1 fully saturated rings. The Balaban J connectivity index is 1.65. The Morgan fingerprint density at radius 3 is 2.85 bits per heavy atom. The summed E-state index contributed by atoms with van der Waals surface area (Å²) in [5, 5.41) is 0.707. The highest BCUT2D eigenvalue weighted by molar-refractivity contribution is 9.10. The monoisotopic (exact) mass is 564 g/mol. The number of rotatable bonds is 7. The van der Waals surface area contributed by atoms with Crippen molar-refractivity contribution in [1.29, 1.82) is 0 Å². The number of nitrogens with two attached hydrogens (primary N) is 1. The van der Waals surface area contributed by atoms with E-state index in [0.717, 1.165) is 78.6 Å². The third-order valence-electron chi connectivity index (χ3n) is 7.08. The first kappa shape index (κ1) is 26.0. The fourth-order valence-corrected chi connectivity index (χ4v) is 5.97. The first-order valence-electron chi connectivity index (χ1n) is 12.2. The van der Waals surface area contributed by atoms with Gasteiger partial charge in [0.15, 0.2) is 0 Å². The lowest BCUT2D eigenvalue weighted by Crippen LogP contribution is -2.58. The minimum absolute atomic E-state index is 0.0442. The minimum Gasteiger partial charge on any atom is -0.339 e. The minimum atomic E-state index is -0.407. The van der Waals surface area contributed by atoms with Gasteiger partial charge < -0.3 is 10.6 Å². The SMILES string of the molecule is CCCC[C@H]1CN(C(=O)C2c3ccc(Cl)cc3CCc3cc(Br)cnc32)CCN1C[C@@H](N)CS. The maximum atomic E-state index is 14.2. The number of hydrogen-bond acceptors (Lipinski definition) is 5. The Kier molecular flexibility index (Phi) is 8.97. The van der Waals surface area contributed by atoms with E-state index in [-0.39, 0.29) is 11.9 Å². The lowest BCUT2D eigenvalue weighted by Gasteiger charge is -2.43. The lowest BCUT2D eigenvalue weighted by atomic mass is 9.89. The summed E-state index contributed by atoms with van der Waals surface area (Å²) in [6.07, 6.45) is 6.84. The van der Waals surface area contributed by atoms with Crippen LogP contribution in [0.5, 0.6) is 0 Å². The van der Waals surface area contributed by atoms with E-state index < -0.39 is 5.92 Å². The molecule has 2 aliphatic rings. The van der Waals surface area contributed by atoms with Crippen molar-refractivity contribution in [1.82, 2.24) is 14.8 Å². The van der Waals surface area contributed by atoms with Gasteiger partial charge in [-0.3, -0.25) is 14.7 Å². The average molecular weight is 566 g/mol. The van der Waals surface area contributed by atoms with E-state index in [0.29, 0.717) is 23.4 Å². The van der Waals surface area contributed by atoms with Gasteiger partial charge in [-0.15, -0.1) is 0 Å². The number of carbonyl (C=O) groups excluding carboxylic acids is 1. The van der Waals surface area contributed by atoms with Crippen molar-refractivity contribution in [2.24, 2.45) is 5.73 Å². The molecule has 184 valence electrons. The number of benzene rings is 1. The van der Waals surface area contributed by atoms with Crippen LogP contribution in [0, 0.1) is 0 Å². The molecular formula is C26H34BrClN4OS. The zero-order valence-electron chi connectivity index (χ0n) is 19.7. The zero-order valence-corrected chi connectivity index (χ0v) is 23.0. The highest BCUT2D eigenvalue weighted by atomic mass is 79.9. The molecule has 2 aromatic rings. The number of carbonyl (C=O) groups is 1.